The van der Waals surface area contributed by atoms with Gasteiger partial charge in [-0.3, -0.25) is 0 Å². The molecule has 0 aliphatic carbocycles. The summed E-state index contributed by atoms with van der Waals surface area (Å²) < 4.78 is 0. The van der Waals surface area contributed by atoms with E-state index in [4.69, 9.17) is 0 Å². The Labute approximate surface area is 95.6 Å². The lowest BCUT2D eigenvalue weighted by atomic mass is 10.2. The predicted molar refractivity (Wildman–Crippen MR) is 64.1 cm³/mol. The van der Waals surface area contributed by atoms with Crippen molar-refractivity contribution in [3.63, 3.8) is 0 Å². The van der Waals surface area contributed by atoms with Crippen LogP contribution in [-0.2, 0) is 13.0 Å². The number of thiazole rings is 1. The van der Waals surface area contributed by atoms with E-state index in [1.807, 2.05) is 0 Å². The van der Waals surface area contributed by atoms with E-state index in [0.29, 0.717) is 6.54 Å². The van der Waals surface area contributed by atoms with Crippen LogP contribution in [0.15, 0.2) is 5.38 Å². The average molecular weight is 228 g/mol. The Bertz CT molecular complexity index is 275. The summed E-state index contributed by atoms with van der Waals surface area (Å²) in [5.41, 5.74) is 1.08. The molecule has 0 bridgehead atoms. The van der Waals surface area contributed by atoms with Crippen molar-refractivity contribution < 1.29 is 5.11 Å². The number of hydrogen-bond acceptors (Lipinski definition) is 4. The fourth-order valence-corrected chi connectivity index (χ4v) is 2.14. The van der Waals surface area contributed by atoms with Gasteiger partial charge in [0, 0.05) is 18.5 Å². The molecule has 0 fully saturated rings. The van der Waals surface area contributed by atoms with Crippen molar-refractivity contribution in [3.8, 4) is 0 Å². The second kappa shape index (κ2) is 6.93. The van der Waals surface area contributed by atoms with Crippen LogP contribution in [0, 0.1) is 0 Å². The lowest BCUT2D eigenvalue weighted by Gasteiger charge is -2.09. The van der Waals surface area contributed by atoms with Crippen LogP contribution in [0.3, 0.4) is 0 Å². The third kappa shape index (κ3) is 4.73. The van der Waals surface area contributed by atoms with E-state index in [1.54, 1.807) is 11.3 Å². The zero-order valence-corrected chi connectivity index (χ0v) is 10.3. The summed E-state index contributed by atoms with van der Waals surface area (Å²) in [6, 6.07) is 0. The smallest absolute Gasteiger partial charge is 0.0926 e. The summed E-state index contributed by atoms with van der Waals surface area (Å²) in [7, 11) is 0. The molecule has 1 aromatic rings. The number of hydrogen-bond donors (Lipinski definition) is 2. The topological polar surface area (TPSA) is 45.1 Å². The summed E-state index contributed by atoms with van der Waals surface area (Å²) in [6.45, 7) is 5.61. The highest BCUT2D eigenvalue weighted by Gasteiger charge is 2.03. The number of nitrogens with one attached hydrogen (secondary N) is 1. The lowest BCUT2D eigenvalue weighted by molar-refractivity contribution is 0.160. The van der Waals surface area contributed by atoms with Crippen LogP contribution in [0.4, 0.5) is 0 Å². The van der Waals surface area contributed by atoms with E-state index in [9.17, 15) is 5.11 Å². The maximum atomic E-state index is 9.50. The number of rotatable bonds is 7. The van der Waals surface area contributed by atoms with E-state index in [2.05, 4.69) is 29.5 Å². The number of aromatic nitrogens is 1. The van der Waals surface area contributed by atoms with Crippen LogP contribution in [0.2, 0.25) is 0 Å². The predicted octanol–water partition coefficient (Wildman–Crippen LogP) is 1.96. The van der Waals surface area contributed by atoms with Crippen molar-refractivity contribution in [2.24, 2.45) is 0 Å². The minimum Gasteiger partial charge on any atom is -0.392 e. The van der Waals surface area contributed by atoms with Gasteiger partial charge in [0.25, 0.3) is 0 Å². The zero-order valence-electron chi connectivity index (χ0n) is 9.49. The average Bonchev–Trinajstić information content (AvgIpc) is 2.66. The molecule has 1 rings (SSSR count). The molecule has 15 heavy (non-hydrogen) atoms. The van der Waals surface area contributed by atoms with E-state index in [0.717, 1.165) is 31.5 Å². The van der Waals surface area contributed by atoms with Gasteiger partial charge in [-0.05, 0) is 12.8 Å². The van der Waals surface area contributed by atoms with Gasteiger partial charge < -0.3 is 10.4 Å². The van der Waals surface area contributed by atoms with Gasteiger partial charge in [0.15, 0.2) is 0 Å². The molecule has 0 amide bonds. The summed E-state index contributed by atoms with van der Waals surface area (Å²) in [6.07, 6.45) is 2.67. The number of nitrogens with zero attached hydrogens (tertiary/aromatic N) is 1. The first-order valence-electron chi connectivity index (χ1n) is 5.58. The van der Waals surface area contributed by atoms with Crippen LogP contribution in [0.25, 0.3) is 0 Å². The van der Waals surface area contributed by atoms with Gasteiger partial charge in [0.05, 0.1) is 16.8 Å². The highest BCUT2D eigenvalue weighted by atomic mass is 32.1. The van der Waals surface area contributed by atoms with Crippen LogP contribution in [0.5, 0.6) is 0 Å². The second-order valence-corrected chi connectivity index (χ2v) is 4.60. The van der Waals surface area contributed by atoms with Gasteiger partial charge >= 0.3 is 0 Å². The standard InChI is InChI=1S/C11H20N2OS/c1-3-5-10(14)7-12-6-9-8-15-11(4-2)13-9/h8,10,12,14H,3-7H2,1-2H3. The molecule has 1 heterocycles. The molecule has 0 spiro atoms. The highest BCUT2D eigenvalue weighted by molar-refractivity contribution is 7.09. The van der Waals surface area contributed by atoms with Crippen LogP contribution < -0.4 is 5.32 Å². The molecule has 2 N–H and O–H groups in total. The van der Waals surface area contributed by atoms with E-state index >= 15 is 0 Å². The number of aryl methyl sites for hydroxylation is 1. The molecule has 4 heteroatoms. The summed E-state index contributed by atoms with van der Waals surface area (Å²) in [5, 5.41) is 16.0. The first-order valence-corrected chi connectivity index (χ1v) is 6.46. The Kier molecular flexibility index (Phi) is 5.83. The summed E-state index contributed by atoms with van der Waals surface area (Å²) in [4.78, 5) is 4.45. The fourth-order valence-electron chi connectivity index (χ4n) is 1.39. The summed E-state index contributed by atoms with van der Waals surface area (Å²) >= 11 is 1.71. The maximum absolute atomic E-state index is 9.50. The van der Waals surface area contributed by atoms with Crippen molar-refractivity contribution in [2.45, 2.75) is 45.8 Å². The third-order valence-electron chi connectivity index (χ3n) is 2.21. The van der Waals surface area contributed by atoms with Gasteiger partial charge in [-0.2, -0.15) is 0 Å². The fraction of sp³-hybridized carbons (Fsp3) is 0.727. The molecular formula is C11H20N2OS. The Morgan fingerprint density at radius 3 is 2.93 bits per heavy atom. The van der Waals surface area contributed by atoms with Crippen molar-refractivity contribution in [2.75, 3.05) is 6.54 Å². The van der Waals surface area contributed by atoms with Gasteiger partial charge in [-0.15, -0.1) is 11.3 Å². The molecular weight excluding hydrogens is 208 g/mol. The van der Waals surface area contributed by atoms with Gasteiger partial charge in [0.2, 0.25) is 0 Å². The SMILES string of the molecule is CCCC(O)CNCc1csc(CC)n1. The number of aliphatic hydroxyl groups is 1. The van der Waals surface area contributed by atoms with Crippen molar-refractivity contribution in [1.82, 2.24) is 10.3 Å². The highest BCUT2D eigenvalue weighted by Crippen LogP contribution is 2.09. The first kappa shape index (κ1) is 12.6. The Morgan fingerprint density at radius 1 is 1.53 bits per heavy atom. The van der Waals surface area contributed by atoms with Crippen molar-refractivity contribution in [1.29, 1.82) is 0 Å². The second-order valence-electron chi connectivity index (χ2n) is 3.66. The van der Waals surface area contributed by atoms with Crippen molar-refractivity contribution in [3.05, 3.63) is 16.1 Å². The van der Waals surface area contributed by atoms with E-state index in [1.165, 1.54) is 5.01 Å². The molecule has 3 nitrogen and oxygen atoms in total. The molecule has 86 valence electrons. The molecule has 0 aliphatic heterocycles. The minimum atomic E-state index is -0.223. The molecule has 0 aromatic carbocycles. The zero-order chi connectivity index (χ0) is 11.1. The first-order chi connectivity index (χ1) is 7.26. The normalized spacial score (nSPS) is 13.0. The molecule has 0 radical (unpaired) electrons. The molecule has 0 aliphatic rings. The van der Waals surface area contributed by atoms with Gasteiger partial charge in [0.1, 0.15) is 0 Å². The Hall–Kier alpha value is -0.450. The molecule has 1 atom stereocenters. The van der Waals surface area contributed by atoms with Crippen molar-refractivity contribution >= 4 is 11.3 Å². The maximum Gasteiger partial charge on any atom is 0.0926 e. The monoisotopic (exact) mass is 228 g/mol. The molecule has 0 saturated carbocycles. The lowest BCUT2D eigenvalue weighted by Crippen LogP contribution is -2.26. The van der Waals surface area contributed by atoms with Gasteiger partial charge in [-0.25, -0.2) is 4.98 Å². The molecule has 1 aromatic heterocycles. The number of aliphatic hydroxyl groups excluding tert-OH is 1. The Morgan fingerprint density at radius 2 is 2.33 bits per heavy atom. The minimum absolute atomic E-state index is 0.223. The third-order valence-corrected chi connectivity index (χ3v) is 3.25. The quantitative estimate of drug-likeness (QED) is 0.750. The molecule has 0 saturated heterocycles. The van der Waals surface area contributed by atoms with E-state index < -0.39 is 0 Å². The van der Waals surface area contributed by atoms with E-state index in [-0.39, 0.29) is 6.10 Å². The summed E-state index contributed by atoms with van der Waals surface area (Å²) in [5.74, 6) is 0. The van der Waals surface area contributed by atoms with Crippen LogP contribution in [-0.4, -0.2) is 22.7 Å². The Balaban J connectivity index is 2.19. The van der Waals surface area contributed by atoms with Crippen LogP contribution >= 0.6 is 11.3 Å². The van der Waals surface area contributed by atoms with Crippen LogP contribution in [0.1, 0.15) is 37.4 Å². The van der Waals surface area contributed by atoms with Gasteiger partial charge in [-0.1, -0.05) is 20.3 Å². The molecule has 1 unspecified atom stereocenters. The largest absolute Gasteiger partial charge is 0.392 e.